The van der Waals surface area contributed by atoms with Crippen LogP contribution in [0.1, 0.15) is 12.0 Å². The van der Waals surface area contributed by atoms with E-state index < -0.39 is 14.8 Å². The standard InChI is InChI=1S/C18H23N3O4S/c1-20(2)15-8-6-14(7-9-15)5-4-12-19-17-11-10-16(26(3,24)25)13-18(17)21(22)23/h6-11,13,19H,4-5,12H2,1-3H3. The highest BCUT2D eigenvalue weighted by Crippen LogP contribution is 2.27. The number of benzene rings is 2. The Hall–Kier alpha value is -2.61. The largest absolute Gasteiger partial charge is 0.379 e. The van der Waals surface area contributed by atoms with Crippen LogP contribution in [0.25, 0.3) is 0 Å². The molecule has 0 unspecified atom stereocenters. The number of nitrogens with one attached hydrogen (secondary N) is 1. The van der Waals surface area contributed by atoms with Crippen LogP contribution in [0.3, 0.4) is 0 Å². The van der Waals surface area contributed by atoms with Gasteiger partial charge in [-0.1, -0.05) is 12.1 Å². The van der Waals surface area contributed by atoms with Crippen molar-refractivity contribution in [3.05, 3.63) is 58.1 Å². The predicted molar refractivity (Wildman–Crippen MR) is 104 cm³/mol. The number of anilines is 2. The SMILES string of the molecule is CN(C)c1ccc(CCCNc2ccc(S(C)(=O)=O)cc2[N+](=O)[O-])cc1. The predicted octanol–water partition coefficient (Wildman–Crippen LogP) is 3.11. The van der Waals surface area contributed by atoms with Gasteiger partial charge in [-0.15, -0.1) is 0 Å². The zero-order chi connectivity index (χ0) is 19.3. The fraction of sp³-hybridized carbons (Fsp3) is 0.333. The van der Waals surface area contributed by atoms with Crippen molar-refractivity contribution in [2.24, 2.45) is 0 Å². The summed E-state index contributed by atoms with van der Waals surface area (Å²) in [6.45, 7) is 0.550. The molecule has 1 N–H and O–H groups in total. The van der Waals surface area contributed by atoms with Gasteiger partial charge in [0, 0.05) is 38.6 Å². The Morgan fingerprint density at radius 1 is 1.12 bits per heavy atom. The lowest BCUT2D eigenvalue weighted by atomic mass is 10.1. The van der Waals surface area contributed by atoms with E-state index in [1.807, 2.05) is 19.0 Å². The molecule has 2 aromatic rings. The normalized spacial score (nSPS) is 11.2. The van der Waals surface area contributed by atoms with E-state index in [1.54, 1.807) is 0 Å². The summed E-state index contributed by atoms with van der Waals surface area (Å²) in [5, 5.41) is 14.2. The lowest BCUT2D eigenvalue weighted by Gasteiger charge is -2.13. The van der Waals surface area contributed by atoms with Crippen LogP contribution >= 0.6 is 0 Å². The maximum Gasteiger partial charge on any atom is 0.293 e. The van der Waals surface area contributed by atoms with Gasteiger partial charge in [-0.2, -0.15) is 0 Å². The van der Waals surface area contributed by atoms with Crippen LogP contribution in [-0.2, 0) is 16.3 Å². The second kappa shape index (κ2) is 8.18. The molecule has 7 nitrogen and oxygen atoms in total. The minimum atomic E-state index is -3.48. The van der Waals surface area contributed by atoms with Gasteiger partial charge in [0.1, 0.15) is 5.69 Å². The molecule has 0 spiro atoms. The second-order valence-corrected chi connectivity index (χ2v) is 8.32. The average Bonchev–Trinajstić information content (AvgIpc) is 2.58. The molecule has 0 bridgehead atoms. The fourth-order valence-electron chi connectivity index (χ4n) is 2.52. The van der Waals surface area contributed by atoms with Crippen LogP contribution in [0.15, 0.2) is 47.4 Å². The first-order valence-corrected chi connectivity index (χ1v) is 10.1. The number of nitro benzene ring substituents is 1. The van der Waals surface area contributed by atoms with Gasteiger partial charge in [-0.05, 0) is 42.7 Å². The summed E-state index contributed by atoms with van der Waals surface area (Å²) in [6.07, 6.45) is 2.67. The third-order valence-corrected chi connectivity index (χ3v) is 5.11. The van der Waals surface area contributed by atoms with Crippen LogP contribution in [0, 0.1) is 10.1 Å². The molecule has 0 aromatic heterocycles. The fourth-order valence-corrected chi connectivity index (χ4v) is 3.16. The molecule has 0 aliphatic carbocycles. The van der Waals surface area contributed by atoms with Crippen molar-refractivity contribution in [3.8, 4) is 0 Å². The Labute approximate surface area is 153 Å². The molecule has 0 saturated carbocycles. The maximum absolute atomic E-state index is 11.6. The highest BCUT2D eigenvalue weighted by atomic mass is 32.2. The molecular formula is C18H23N3O4S. The molecule has 0 radical (unpaired) electrons. The molecule has 0 saturated heterocycles. The molecule has 0 heterocycles. The summed E-state index contributed by atoms with van der Waals surface area (Å²) in [5.74, 6) is 0. The van der Waals surface area contributed by atoms with Crippen molar-refractivity contribution in [1.29, 1.82) is 0 Å². The van der Waals surface area contributed by atoms with E-state index in [0.717, 1.165) is 30.9 Å². The lowest BCUT2D eigenvalue weighted by Crippen LogP contribution is -2.08. The minimum Gasteiger partial charge on any atom is -0.379 e. The molecular weight excluding hydrogens is 354 g/mol. The number of nitro groups is 1. The molecule has 0 amide bonds. The molecule has 2 rings (SSSR count). The van der Waals surface area contributed by atoms with Crippen LogP contribution in [-0.4, -0.2) is 40.2 Å². The van der Waals surface area contributed by atoms with Crippen LogP contribution in [0.5, 0.6) is 0 Å². The molecule has 0 atom stereocenters. The van der Waals surface area contributed by atoms with Crippen molar-refractivity contribution in [3.63, 3.8) is 0 Å². The Kier molecular flexibility index (Phi) is 6.20. The van der Waals surface area contributed by atoms with Gasteiger partial charge < -0.3 is 10.2 Å². The first-order valence-electron chi connectivity index (χ1n) is 8.17. The molecule has 0 aliphatic heterocycles. The molecule has 26 heavy (non-hydrogen) atoms. The quantitative estimate of drug-likeness (QED) is 0.432. The highest BCUT2D eigenvalue weighted by Gasteiger charge is 2.18. The summed E-state index contributed by atoms with van der Waals surface area (Å²) < 4.78 is 23.1. The summed E-state index contributed by atoms with van der Waals surface area (Å²) in [5.41, 5.74) is 2.42. The minimum absolute atomic E-state index is 0.0595. The number of nitrogens with zero attached hydrogens (tertiary/aromatic N) is 2. The van der Waals surface area contributed by atoms with Crippen LogP contribution < -0.4 is 10.2 Å². The average molecular weight is 377 g/mol. The third kappa shape index (κ3) is 5.19. The molecule has 8 heteroatoms. The van der Waals surface area contributed by atoms with Crippen LogP contribution in [0.2, 0.25) is 0 Å². The number of hydrogen-bond acceptors (Lipinski definition) is 6. The highest BCUT2D eigenvalue weighted by molar-refractivity contribution is 7.90. The first-order chi connectivity index (χ1) is 12.2. The number of rotatable bonds is 8. The van der Waals surface area contributed by atoms with E-state index in [4.69, 9.17) is 0 Å². The van der Waals surface area contributed by atoms with E-state index in [0.29, 0.717) is 12.2 Å². The van der Waals surface area contributed by atoms with E-state index >= 15 is 0 Å². The van der Waals surface area contributed by atoms with Gasteiger partial charge in [0.05, 0.1) is 9.82 Å². The molecule has 0 fully saturated rings. The zero-order valence-corrected chi connectivity index (χ0v) is 15.9. The molecule has 0 aliphatic rings. The maximum atomic E-state index is 11.6. The number of aryl methyl sites for hydroxylation is 1. The molecule has 140 valence electrons. The third-order valence-electron chi connectivity index (χ3n) is 4.00. The lowest BCUT2D eigenvalue weighted by molar-refractivity contribution is -0.384. The van der Waals surface area contributed by atoms with Gasteiger partial charge in [0.2, 0.25) is 0 Å². The van der Waals surface area contributed by atoms with Gasteiger partial charge in [0.25, 0.3) is 5.69 Å². The van der Waals surface area contributed by atoms with Gasteiger partial charge >= 0.3 is 0 Å². The van der Waals surface area contributed by atoms with E-state index in [1.165, 1.54) is 17.7 Å². The van der Waals surface area contributed by atoms with Gasteiger partial charge in [0.15, 0.2) is 9.84 Å². The summed E-state index contributed by atoms with van der Waals surface area (Å²) >= 11 is 0. The van der Waals surface area contributed by atoms with Gasteiger partial charge in [-0.25, -0.2) is 8.42 Å². The second-order valence-electron chi connectivity index (χ2n) is 6.30. The smallest absolute Gasteiger partial charge is 0.293 e. The topological polar surface area (TPSA) is 92.6 Å². The Morgan fingerprint density at radius 2 is 1.77 bits per heavy atom. The Morgan fingerprint density at radius 3 is 2.31 bits per heavy atom. The number of sulfone groups is 1. The monoisotopic (exact) mass is 377 g/mol. The summed E-state index contributed by atoms with van der Waals surface area (Å²) in [7, 11) is 0.492. The van der Waals surface area contributed by atoms with Crippen molar-refractivity contribution >= 4 is 26.9 Å². The van der Waals surface area contributed by atoms with Crippen LogP contribution in [0.4, 0.5) is 17.1 Å². The van der Waals surface area contributed by atoms with Crippen molar-refractivity contribution in [2.75, 3.05) is 37.1 Å². The van der Waals surface area contributed by atoms with Crippen molar-refractivity contribution < 1.29 is 13.3 Å². The zero-order valence-electron chi connectivity index (χ0n) is 15.1. The Balaban J connectivity index is 1.97. The van der Waals surface area contributed by atoms with Gasteiger partial charge in [-0.3, -0.25) is 10.1 Å². The first kappa shape index (κ1) is 19.7. The van der Waals surface area contributed by atoms with Crippen molar-refractivity contribution in [2.45, 2.75) is 17.7 Å². The van der Waals surface area contributed by atoms with E-state index in [-0.39, 0.29) is 10.6 Å². The van der Waals surface area contributed by atoms with Crippen molar-refractivity contribution in [1.82, 2.24) is 0 Å². The molecule has 2 aromatic carbocycles. The Bertz CT molecular complexity index is 878. The number of hydrogen-bond donors (Lipinski definition) is 1. The van der Waals surface area contributed by atoms with E-state index in [9.17, 15) is 18.5 Å². The summed E-state index contributed by atoms with van der Waals surface area (Å²) in [6, 6.07) is 12.2. The van der Waals surface area contributed by atoms with E-state index in [2.05, 4.69) is 29.6 Å². The summed E-state index contributed by atoms with van der Waals surface area (Å²) in [4.78, 5) is 12.6.